The lowest BCUT2D eigenvalue weighted by molar-refractivity contribution is 0.0935. The Labute approximate surface area is 149 Å². The van der Waals surface area contributed by atoms with Gasteiger partial charge in [0.05, 0.1) is 5.69 Å². The van der Waals surface area contributed by atoms with Crippen molar-refractivity contribution < 1.29 is 9.59 Å². The number of carbonyl (C=O) groups excluding carboxylic acids is 2. The van der Waals surface area contributed by atoms with Gasteiger partial charge in [-0.3, -0.25) is 9.59 Å². The number of nitrogens with zero attached hydrogens (tertiary/aromatic N) is 4. The van der Waals surface area contributed by atoms with E-state index in [1.807, 2.05) is 42.6 Å². The van der Waals surface area contributed by atoms with Crippen LogP contribution in [0.1, 0.15) is 39.6 Å². The van der Waals surface area contributed by atoms with Crippen molar-refractivity contribution in [3.63, 3.8) is 0 Å². The van der Waals surface area contributed by atoms with Crippen LogP contribution in [0.15, 0.2) is 0 Å². The fourth-order valence-electron chi connectivity index (χ4n) is 2.85. The summed E-state index contributed by atoms with van der Waals surface area (Å²) in [5, 5.41) is 5.78. The van der Waals surface area contributed by atoms with Gasteiger partial charge in [0.15, 0.2) is 5.82 Å². The number of hydrogen-bond donors (Lipinski definition) is 2. The maximum absolute atomic E-state index is 12.5. The number of aromatic nitrogens is 2. The Balaban J connectivity index is 2.11. The molecule has 8 heteroatoms. The van der Waals surface area contributed by atoms with Gasteiger partial charge in [-0.2, -0.15) is 0 Å². The third kappa shape index (κ3) is 5.27. The first-order chi connectivity index (χ1) is 11.9. The molecule has 0 bridgehead atoms. The van der Waals surface area contributed by atoms with Crippen molar-refractivity contribution in [2.24, 2.45) is 0 Å². The number of hydrogen-bond acceptors (Lipinski definition) is 5. The summed E-state index contributed by atoms with van der Waals surface area (Å²) >= 11 is 0. The van der Waals surface area contributed by atoms with E-state index in [-0.39, 0.29) is 11.8 Å². The predicted octanol–water partition coefficient (Wildman–Crippen LogP) is -0.198. The number of rotatable bonds is 8. The summed E-state index contributed by atoms with van der Waals surface area (Å²) in [6, 6.07) is 0. The summed E-state index contributed by atoms with van der Waals surface area (Å²) in [6.45, 7) is 3.38. The van der Waals surface area contributed by atoms with Crippen molar-refractivity contribution in [3.05, 3.63) is 17.2 Å². The summed E-state index contributed by atoms with van der Waals surface area (Å²) in [5.74, 6) is -0.0524. The SMILES string of the molecule is CN(C)CCNC(=O)c1nc(C(=O)NCCN(C)C)n2c1CCCC2. The molecule has 140 valence electrons. The molecule has 0 radical (unpaired) electrons. The van der Waals surface area contributed by atoms with Crippen LogP contribution in [0.5, 0.6) is 0 Å². The first-order valence-electron chi connectivity index (χ1n) is 8.85. The first-order valence-corrected chi connectivity index (χ1v) is 8.85. The van der Waals surface area contributed by atoms with E-state index >= 15 is 0 Å². The number of imidazole rings is 1. The van der Waals surface area contributed by atoms with Gasteiger partial charge >= 0.3 is 0 Å². The number of carbonyl (C=O) groups is 2. The summed E-state index contributed by atoms with van der Waals surface area (Å²) in [6.07, 6.45) is 2.81. The Hall–Kier alpha value is -1.93. The van der Waals surface area contributed by atoms with Crippen LogP contribution < -0.4 is 10.6 Å². The molecule has 1 aromatic heterocycles. The summed E-state index contributed by atoms with van der Waals surface area (Å²) in [5.41, 5.74) is 1.28. The van der Waals surface area contributed by atoms with E-state index < -0.39 is 0 Å². The van der Waals surface area contributed by atoms with Gasteiger partial charge in [0.25, 0.3) is 11.8 Å². The maximum atomic E-state index is 12.5. The molecule has 0 saturated carbocycles. The molecule has 1 aliphatic rings. The fourth-order valence-corrected chi connectivity index (χ4v) is 2.85. The topological polar surface area (TPSA) is 82.5 Å². The molecule has 0 atom stereocenters. The van der Waals surface area contributed by atoms with E-state index in [0.717, 1.165) is 44.6 Å². The van der Waals surface area contributed by atoms with E-state index in [4.69, 9.17) is 0 Å². The van der Waals surface area contributed by atoms with Crippen LogP contribution >= 0.6 is 0 Å². The molecule has 1 aromatic rings. The molecule has 0 aliphatic carbocycles. The zero-order valence-electron chi connectivity index (χ0n) is 15.8. The highest BCUT2D eigenvalue weighted by molar-refractivity contribution is 5.97. The molecular weight excluding hydrogens is 320 g/mol. The van der Waals surface area contributed by atoms with Crippen molar-refractivity contribution in [3.8, 4) is 0 Å². The molecule has 8 nitrogen and oxygen atoms in total. The maximum Gasteiger partial charge on any atom is 0.287 e. The van der Waals surface area contributed by atoms with Crippen LogP contribution in [0.3, 0.4) is 0 Å². The number of amides is 2. The second-order valence-corrected chi connectivity index (χ2v) is 6.96. The smallest absolute Gasteiger partial charge is 0.287 e. The van der Waals surface area contributed by atoms with E-state index in [0.29, 0.717) is 24.6 Å². The average Bonchev–Trinajstić information content (AvgIpc) is 2.93. The van der Waals surface area contributed by atoms with Crippen LogP contribution in [-0.4, -0.2) is 85.5 Å². The molecule has 0 saturated heterocycles. The van der Waals surface area contributed by atoms with Crippen molar-refractivity contribution >= 4 is 11.8 Å². The zero-order valence-corrected chi connectivity index (χ0v) is 15.8. The normalized spacial score (nSPS) is 13.8. The van der Waals surface area contributed by atoms with Gasteiger partial charge in [-0.1, -0.05) is 0 Å². The lowest BCUT2D eigenvalue weighted by atomic mass is 10.1. The second kappa shape index (κ2) is 8.96. The molecule has 2 rings (SSSR count). The van der Waals surface area contributed by atoms with Crippen molar-refractivity contribution in [1.82, 2.24) is 30.0 Å². The number of fused-ring (bicyclic) bond motifs is 1. The van der Waals surface area contributed by atoms with Gasteiger partial charge in [-0.25, -0.2) is 4.98 Å². The quantitative estimate of drug-likeness (QED) is 0.679. The molecule has 1 aliphatic heterocycles. The van der Waals surface area contributed by atoms with Crippen LogP contribution in [-0.2, 0) is 13.0 Å². The molecule has 2 N–H and O–H groups in total. The van der Waals surface area contributed by atoms with Crippen LogP contribution in [0.25, 0.3) is 0 Å². The monoisotopic (exact) mass is 350 g/mol. The second-order valence-electron chi connectivity index (χ2n) is 6.96. The minimum Gasteiger partial charge on any atom is -0.349 e. The molecule has 0 unspecified atom stereocenters. The summed E-state index contributed by atoms with van der Waals surface area (Å²) in [7, 11) is 7.83. The molecule has 0 aromatic carbocycles. The molecular formula is C17H30N6O2. The molecule has 0 fully saturated rings. The zero-order chi connectivity index (χ0) is 18.4. The van der Waals surface area contributed by atoms with Gasteiger partial charge in [-0.15, -0.1) is 0 Å². The Morgan fingerprint density at radius 2 is 1.60 bits per heavy atom. The highest BCUT2D eigenvalue weighted by Crippen LogP contribution is 2.21. The van der Waals surface area contributed by atoms with Crippen molar-refractivity contribution in [2.75, 3.05) is 54.4 Å². The Kier molecular flexibility index (Phi) is 6.95. The third-order valence-corrected chi connectivity index (χ3v) is 4.23. The third-order valence-electron chi connectivity index (χ3n) is 4.23. The minimum absolute atomic E-state index is 0.195. The van der Waals surface area contributed by atoms with E-state index in [1.165, 1.54) is 0 Å². The van der Waals surface area contributed by atoms with Crippen LogP contribution in [0.2, 0.25) is 0 Å². The van der Waals surface area contributed by atoms with Gasteiger partial charge < -0.3 is 25.0 Å². The molecule has 25 heavy (non-hydrogen) atoms. The Morgan fingerprint density at radius 3 is 2.20 bits per heavy atom. The first kappa shape index (κ1) is 19.4. The summed E-state index contributed by atoms with van der Waals surface area (Å²) in [4.78, 5) is 33.4. The van der Waals surface area contributed by atoms with E-state index in [1.54, 1.807) is 0 Å². The fraction of sp³-hybridized carbons (Fsp3) is 0.706. The molecule has 2 heterocycles. The highest BCUT2D eigenvalue weighted by Gasteiger charge is 2.27. The van der Waals surface area contributed by atoms with E-state index in [9.17, 15) is 9.59 Å². The van der Waals surface area contributed by atoms with Gasteiger partial charge in [-0.05, 0) is 47.5 Å². The van der Waals surface area contributed by atoms with Crippen LogP contribution in [0, 0.1) is 0 Å². The Bertz CT molecular complexity index is 558. The van der Waals surface area contributed by atoms with Crippen LogP contribution in [0.4, 0.5) is 0 Å². The van der Waals surface area contributed by atoms with Gasteiger partial charge in [0, 0.05) is 32.7 Å². The summed E-state index contributed by atoms with van der Waals surface area (Å²) < 4.78 is 1.91. The van der Waals surface area contributed by atoms with E-state index in [2.05, 4.69) is 15.6 Å². The average molecular weight is 350 g/mol. The molecule has 2 amide bonds. The minimum atomic E-state index is -0.211. The Morgan fingerprint density at radius 1 is 1.00 bits per heavy atom. The highest BCUT2D eigenvalue weighted by atomic mass is 16.2. The number of nitrogens with one attached hydrogen (secondary N) is 2. The number of likely N-dealkylation sites (N-methyl/N-ethyl adjacent to an activating group) is 2. The van der Waals surface area contributed by atoms with Crippen molar-refractivity contribution in [2.45, 2.75) is 25.8 Å². The predicted molar refractivity (Wildman–Crippen MR) is 96.9 cm³/mol. The standard InChI is InChI=1S/C17H30N6O2/c1-21(2)11-8-18-16(24)14-13-7-5-6-10-23(13)15(20-14)17(25)19-9-12-22(3)4/h5-12H2,1-4H3,(H,18,24)(H,19,25). The van der Waals surface area contributed by atoms with Gasteiger partial charge in [0.2, 0.25) is 0 Å². The lowest BCUT2D eigenvalue weighted by Crippen LogP contribution is -2.33. The van der Waals surface area contributed by atoms with Crippen molar-refractivity contribution in [1.29, 1.82) is 0 Å². The lowest BCUT2D eigenvalue weighted by Gasteiger charge is -2.17. The molecule has 0 spiro atoms. The van der Waals surface area contributed by atoms with Gasteiger partial charge in [0.1, 0.15) is 5.69 Å². The largest absolute Gasteiger partial charge is 0.349 e.